The number of rotatable bonds is 11. The topological polar surface area (TPSA) is 79.4 Å². The number of aromatic nitrogens is 1. The molecule has 1 aromatic heterocycles. The van der Waals surface area contributed by atoms with E-state index in [-0.39, 0.29) is 23.0 Å². The van der Waals surface area contributed by atoms with Gasteiger partial charge in [0, 0.05) is 23.8 Å². The minimum atomic E-state index is -3.23. The van der Waals surface area contributed by atoms with Crippen molar-refractivity contribution < 1.29 is 13.2 Å². The largest absolute Gasteiger partial charge is 0.326 e. The molecule has 32 heavy (non-hydrogen) atoms. The number of benzene rings is 2. The van der Waals surface area contributed by atoms with Crippen molar-refractivity contribution in [3.05, 3.63) is 76.2 Å². The molecular formula is C24H29N3O3S2. The SMILES string of the molecule is CCCN(Cc1ccc(NC(=O)Cc2ccc(S(=O)(=O)CC)cc2)cc1)Cc1nccs1. The number of carbonyl (C=O) groups is 1. The van der Waals surface area contributed by atoms with E-state index in [1.165, 1.54) is 5.56 Å². The second-order valence-electron chi connectivity index (χ2n) is 7.61. The van der Waals surface area contributed by atoms with E-state index in [9.17, 15) is 13.2 Å². The normalized spacial score (nSPS) is 11.6. The molecule has 0 aliphatic carbocycles. The second kappa shape index (κ2) is 11.4. The fourth-order valence-corrected chi connectivity index (χ4v) is 4.92. The van der Waals surface area contributed by atoms with Gasteiger partial charge in [-0.15, -0.1) is 11.3 Å². The maximum Gasteiger partial charge on any atom is 0.228 e. The molecule has 2 aromatic carbocycles. The Morgan fingerprint density at radius 1 is 1.00 bits per heavy atom. The van der Waals surface area contributed by atoms with Gasteiger partial charge in [0.15, 0.2) is 9.84 Å². The number of carbonyl (C=O) groups excluding carboxylic acids is 1. The molecule has 6 nitrogen and oxygen atoms in total. The van der Waals surface area contributed by atoms with E-state index in [4.69, 9.17) is 0 Å². The van der Waals surface area contributed by atoms with Crippen LogP contribution in [0.5, 0.6) is 0 Å². The molecule has 0 fully saturated rings. The van der Waals surface area contributed by atoms with Crippen molar-refractivity contribution >= 4 is 32.8 Å². The number of nitrogens with one attached hydrogen (secondary N) is 1. The molecule has 0 unspecified atom stereocenters. The van der Waals surface area contributed by atoms with E-state index >= 15 is 0 Å². The number of nitrogens with zero attached hydrogens (tertiary/aromatic N) is 2. The molecule has 8 heteroatoms. The van der Waals surface area contributed by atoms with Gasteiger partial charge in [-0.3, -0.25) is 9.69 Å². The van der Waals surface area contributed by atoms with Crippen LogP contribution in [0, 0.1) is 0 Å². The zero-order valence-electron chi connectivity index (χ0n) is 18.5. The van der Waals surface area contributed by atoms with Crippen LogP contribution < -0.4 is 5.32 Å². The van der Waals surface area contributed by atoms with Crippen LogP contribution in [0.4, 0.5) is 5.69 Å². The van der Waals surface area contributed by atoms with E-state index in [0.29, 0.717) is 0 Å². The summed E-state index contributed by atoms with van der Waals surface area (Å²) in [6.45, 7) is 6.45. The predicted molar refractivity (Wildman–Crippen MR) is 129 cm³/mol. The molecule has 0 spiro atoms. The summed E-state index contributed by atoms with van der Waals surface area (Å²) >= 11 is 1.67. The number of anilines is 1. The average molecular weight is 472 g/mol. The van der Waals surface area contributed by atoms with Crippen LogP contribution in [-0.4, -0.2) is 36.5 Å². The molecule has 0 bridgehead atoms. The highest BCUT2D eigenvalue weighted by Crippen LogP contribution is 2.16. The lowest BCUT2D eigenvalue weighted by Gasteiger charge is -2.20. The summed E-state index contributed by atoms with van der Waals surface area (Å²) in [6.07, 6.45) is 3.10. The first-order valence-corrected chi connectivity index (χ1v) is 13.2. The molecule has 170 valence electrons. The Labute approximate surface area is 194 Å². The molecule has 1 N–H and O–H groups in total. The van der Waals surface area contributed by atoms with E-state index in [0.717, 1.165) is 42.3 Å². The summed E-state index contributed by atoms with van der Waals surface area (Å²) < 4.78 is 23.8. The van der Waals surface area contributed by atoms with Gasteiger partial charge in [0.05, 0.1) is 23.6 Å². The summed E-state index contributed by atoms with van der Waals surface area (Å²) in [7, 11) is -3.23. The third kappa shape index (κ3) is 6.98. The Kier molecular flexibility index (Phi) is 8.55. The Hall–Kier alpha value is -2.55. The van der Waals surface area contributed by atoms with E-state index in [1.807, 2.05) is 35.8 Å². The molecule has 3 aromatic rings. The summed E-state index contributed by atoms with van der Waals surface area (Å²) in [5, 5.41) is 6.02. The van der Waals surface area contributed by atoms with Crippen LogP contribution in [0.3, 0.4) is 0 Å². The van der Waals surface area contributed by atoms with Gasteiger partial charge in [0.1, 0.15) is 5.01 Å². The zero-order chi connectivity index (χ0) is 23.0. The molecular weight excluding hydrogens is 442 g/mol. The first-order valence-electron chi connectivity index (χ1n) is 10.7. The number of hydrogen-bond acceptors (Lipinski definition) is 6. The molecule has 0 atom stereocenters. The molecule has 0 radical (unpaired) electrons. The zero-order valence-corrected chi connectivity index (χ0v) is 20.1. The van der Waals surface area contributed by atoms with Gasteiger partial charge in [0.2, 0.25) is 5.91 Å². The molecule has 1 amide bonds. The van der Waals surface area contributed by atoms with E-state index in [2.05, 4.69) is 22.1 Å². The van der Waals surface area contributed by atoms with Gasteiger partial charge in [0.25, 0.3) is 0 Å². The van der Waals surface area contributed by atoms with Crippen molar-refractivity contribution in [2.45, 2.75) is 44.7 Å². The van der Waals surface area contributed by atoms with Crippen LogP contribution in [0.2, 0.25) is 0 Å². The van der Waals surface area contributed by atoms with Crippen LogP contribution >= 0.6 is 11.3 Å². The smallest absolute Gasteiger partial charge is 0.228 e. The fraction of sp³-hybridized carbons (Fsp3) is 0.333. The molecule has 0 saturated carbocycles. The minimum Gasteiger partial charge on any atom is -0.326 e. The lowest BCUT2D eigenvalue weighted by atomic mass is 10.1. The van der Waals surface area contributed by atoms with Gasteiger partial charge in [-0.1, -0.05) is 38.1 Å². The number of amides is 1. The summed E-state index contributed by atoms with van der Waals surface area (Å²) in [4.78, 5) is 19.4. The van der Waals surface area contributed by atoms with Gasteiger partial charge < -0.3 is 5.32 Å². The second-order valence-corrected chi connectivity index (χ2v) is 10.9. The van der Waals surface area contributed by atoms with Crippen molar-refractivity contribution in [1.82, 2.24) is 9.88 Å². The maximum absolute atomic E-state index is 12.4. The van der Waals surface area contributed by atoms with Gasteiger partial charge >= 0.3 is 0 Å². The molecule has 3 rings (SSSR count). The van der Waals surface area contributed by atoms with Crippen LogP contribution in [0.25, 0.3) is 0 Å². The molecule has 0 aliphatic rings. The molecule has 0 saturated heterocycles. The number of hydrogen-bond donors (Lipinski definition) is 1. The molecule has 0 aliphatic heterocycles. The average Bonchev–Trinajstić information content (AvgIpc) is 3.29. The lowest BCUT2D eigenvalue weighted by Crippen LogP contribution is -2.23. The first-order chi connectivity index (χ1) is 15.4. The predicted octanol–water partition coefficient (Wildman–Crippen LogP) is 4.53. The highest BCUT2D eigenvalue weighted by Gasteiger charge is 2.12. The van der Waals surface area contributed by atoms with E-state index in [1.54, 1.807) is 42.5 Å². The molecule has 1 heterocycles. The fourth-order valence-electron chi connectivity index (χ4n) is 3.38. The Bertz CT molecular complexity index is 1090. The Morgan fingerprint density at radius 3 is 2.28 bits per heavy atom. The van der Waals surface area contributed by atoms with Crippen LogP contribution in [0.1, 0.15) is 36.4 Å². The van der Waals surface area contributed by atoms with Crippen molar-refractivity contribution in [3.63, 3.8) is 0 Å². The Balaban J connectivity index is 1.54. The van der Waals surface area contributed by atoms with Crippen molar-refractivity contribution in [3.8, 4) is 0 Å². The summed E-state index contributed by atoms with van der Waals surface area (Å²) in [5.41, 5.74) is 2.69. The highest BCUT2D eigenvalue weighted by molar-refractivity contribution is 7.91. The standard InChI is InChI=1S/C24H29N3O3S2/c1-3-14-27(18-24-25-13-15-31-24)17-20-5-9-21(10-6-20)26-23(28)16-19-7-11-22(12-8-19)32(29,30)4-2/h5-13,15H,3-4,14,16-18H2,1-2H3,(H,26,28). The third-order valence-electron chi connectivity index (χ3n) is 5.05. The maximum atomic E-state index is 12.4. The quantitative estimate of drug-likeness (QED) is 0.444. The van der Waals surface area contributed by atoms with Gasteiger partial charge in [-0.2, -0.15) is 0 Å². The monoisotopic (exact) mass is 471 g/mol. The van der Waals surface area contributed by atoms with Crippen molar-refractivity contribution in [2.75, 3.05) is 17.6 Å². The third-order valence-corrected chi connectivity index (χ3v) is 7.57. The van der Waals surface area contributed by atoms with Crippen molar-refractivity contribution in [2.24, 2.45) is 0 Å². The van der Waals surface area contributed by atoms with Gasteiger partial charge in [-0.05, 0) is 48.4 Å². The van der Waals surface area contributed by atoms with E-state index < -0.39 is 9.84 Å². The lowest BCUT2D eigenvalue weighted by molar-refractivity contribution is -0.115. The highest BCUT2D eigenvalue weighted by atomic mass is 32.2. The minimum absolute atomic E-state index is 0.0595. The van der Waals surface area contributed by atoms with Crippen LogP contribution in [0.15, 0.2) is 65.0 Å². The first kappa shape index (κ1) is 24.1. The van der Waals surface area contributed by atoms with Gasteiger partial charge in [-0.25, -0.2) is 13.4 Å². The number of thiazole rings is 1. The summed E-state index contributed by atoms with van der Waals surface area (Å²) in [6, 6.07) is 14.4. The van der Waals surface area contributed by atoms with Crippen molar-refractivity contribution in [1.29, 1.82) is 0 Å². The summed E-state index contributed by atoms with van der Waals surface area (Å²) in [5.74, 6) is -0.0792. The number of sulfone groups is 1. The van der Waals surface area contributed by atoms with Crippen LogP contribution in [-0.2, 0) is 34.1 Å². The Morgan fingerprint density at radius 2 is 1.69 bits per heavy atom.